The fourth-order valence-corrected chi connectivity index (χ4v) is 3.50. The maximum Gasteiger partial charge on any atom is 0.257 e. The zero-order chi connectivity index (χ0) is 18.1. The summed E-state index contributed by atoms with van der Waals surface area (Å²) in [7, 11) is 0. The minimum absolute atomic E-state index is 0.0194. The molecule has 1 amide bonds. The van der Waals surface area contributed by atoms with Crippen LogP contribution in [0.1, 0.15) is 24.0 Å². The van der Waals surface area contributed by atoms with Gasteiger partial charge < -0.3 is 15.0 Å². The Hall–Kier alpha value is -2.46. The lowest BCUT2D eigenvalue weighted by Gasteiger charge is -2.16. The number of nitrogens with one attached hydrogen (secondary N) is 2. The molecule has 5 heteroatoms. The van der Waals surface area contributed by atoms with Gasteiger partial charge in [-0.1, -0.05) is 35.4 Å². The van der Waals surface area contributed by atoms with E-state index in [1.807, 2.05) is 55.6 Å². The molecule has 1 aliphatic carbocycles. The van der Waals surface area contributed by atoms with E-state index in [0.29, 0.717) is 12.3 Å². The number of carbonyl (C=O) groups is 1. The van der Waals surface area contributed by atoms with Crippen molar-refractivity contribution >= 4 is 28.4 Å². The number of hydrogen-bond acceptors (Lipinski definition) is 2. The van der Waals surface area contributed by atoms with Crippen molar-refractivity contribution in [2.24, 2.45) is 0 Å². The van der Waals surface area contributed by atoms with E-state index in [0.717, 1.165) is 28.9 Å². The normalized spacial score (nSPS) is 15.0. The summed E-state index contributed by atoms with van der Waals surface area (Å²) in [6.07, 6.45) is 4.19. The lowest BCUT2D eigenvalue weighted by atomic mass is 9.95. The third kappa shape index (κ3) is 3.42. The lowest BCUT2D eigenvalue weighted by Crippen LogP contribution is -2.35. The summed E-state index contributed by atoms with van der Waals surface area (Å²) < 4.78 is 5.55. The summed E-state index contributed by atoms with van der Waals surface area (Å²) in [6.45, 7) is 2.67. The number of fused-ring (bicyclic) bond motifs is 1. The van der Waals surface area contributed by atoms with Crippen molar-refractivity contribution in [3.63, 3.8) is 0 Å². The number of aromatic nitrogens is 1. The second kappa shape index (κ2) is 6.69. The van der Waals surface area contributed by atoms with E-state index >= 15 is 0 Å². The van der Waals surface area contributed by atoms with E-state index in [9.17, 15) is 4.79 Å². The van der Waals surface area contributed by atoms with Crippen LogP contribution in [0, 0.1) is 6.92 Å². The molecule has 26 heavy (non-hydrogen) atoms. The third-order valence-corrected chi connectivity index (χ3v) is 5.32. The predicted octanol–water partition coefficient (Wildman–Crippen LogP) is 4.36. The molecule has 0 unspecified atom stereocenters. The minimum atomic E-state index is -0.0975. The minimum Gasteiger partial charge on any atom is -0.484 e. The van der Waals surface area contributed by atoms with E-state index in [2.05, 4.69) is 10.3 Å². The van der Waals surface area contributed by atoms with Crippen molar-refractivity contribution in [2.45, 2.75) is 25.2 Å². The number of amides is 1. The highest BCUT2D eigenvalue weighted by molar-refractivity contribution is 6.31. The van der Waals surface area contributed by atoms with Crippen LogP contribution >= 0.6 is 11.6 Å². The molecule has 0 spiro atoms. The number of hydrogen-bond donors (Lipinski definition) is 2. The quantitative estimate of drug-likeness (QED) is 0.679. The van der Waals surface area contributed by atoms with Crippen LogP contribution in [0.5, 0.6) is 5.75 Å². The molecule has 2 N–H and O–H groups in total. The molecule has 4 rings (SSSR count). The highest BCUT2D eigenvalue weighted by Gasteiger charge is 2.45. The van der Waals surface area contributed by atoms with Crippen LogP contribution in [0.2, 0.25) is 5.02 Å². The van der Waals surface area contributed by atoms with Gasteiger partial charge in [-0.25, -0.2) is 0 Å². The van der Waals surface area contributed by atoms with Gasteiger partial charge >= 0.3 is 0 Å². The van der Waals surface area contributed by atoms with Gasteiger partial charge in [-0.15, -0.1) is 0 Å². The Labute approximate surface area is 157 Å². The van der Waals surface area contributed by atoms with E-state index in [1.165, 1.54) is 10.9 Å². The Morgan fingerprint density at radius 3 is 2.73 bits per heavy atom. The van der Waals surface area contributed by atoms with Crippen LogP contribution in [0.15, 0.2) is 48.7 Å². The van der Waals surface area contributed by atoms with Gasteiger partial charge in [-0.3, -0.25) is 4.79 Å². The van der Waals surface area contributed by atoms with Gasteiger partial charge in [-0.2, -0.15) is 0 Å². The number of H-pyrrole nitrogens is 1. The maximum atomic E-state index is 12.2. The SMILES string of the molecule is Cc1ccc(OCC(=O)NCC2(c3c[nH]c4cc(Cl)ccc34)CC2)cc1. The Bertz CT molecular complexity index is 942. The van der Waals surface area contributed by atoms with Crippen LogP contribution in [-0.2, 0) is 10.2 Å². The summed E-state index contributed by atoms with van der Waals surface area (Å²) in [4.78, 5) is 15.5. The number of rotatable bonds is 6. The van der Waals surface area contributed by atoms with Crippen molar-refractivity contribution < 1.29 is 9.53 Å². The summed E-state index contributed by atoms with van der Waals surface area (Å²) in [6, 6.07) is 13.6. The molecule has 0 aliphatic heterocycles. The highest BCUT2D eigenvalue weighted by Crippen LogP contribution is 2.50. The Kier molecular flexibility index (Phi) is 4.37. The molecule has 134 valence electrons. The second-order valence-corrected chi connectivity index (χ2v) is 7.49. The standard InChI is InChI=1S/C21H21ClN2O2/c1-14-2-5-16(6-3-14)26-12-20(25)24-13-21(8-9-21)18-11-23-19-10-15(22)4-7-17(18)19/h2-7,10-11,23H,8-9,12-13H2,1H3,(H,24,25). The molecule has 3 aromatic rings. The number of aromatic amines is 1. The number of benzene rings is 2. The fraction of sp³-hybridized carbons (Fsp3) is 0.286. The Balaban J connectivity index is 1.37. The van der Waals surface area contributed by atoms with E-state index in [1.54, 1.807) is 0 Å². The van der Waals surface area contributed by atoms with Gasteiger partial charge in [-0.05, 0) is 49.6 Å². The maximum absolute atomic E-state index is 12.2. The first kappa shape index (κ1) is 17.0. The number of ether oxygens (including phenoxy) is 1. The molecule has 1 aliphatic rings. The van der Waals surface area contributed by atoms with Gasteiger partial charge in [0.25, 0.3) is 5.91 Å². The van der Waals surface area contributed by atoms with Gasteiger partial charge in [0, 0.05) is 34.1 Å². The number of aryl methyl sites for hydroxylation is 1. The smallest absolute Gasteiger partial charge is 0.257 e. The molecule has 1 heterocycles. The molecular formula is C21H21ClN2O2. The molecule has 1 fully saturated rings. The van der Waals surface area contributed by atoms with Crippen LogP contribution in [0.25, 0.3) is 10.9 Å². The molecule has 4 nitrogen and oxygen atoms in total. The van der Waals surface area contributed by atoms with Crippen LogP contribution in [0.3, 0.4) is 0 Å². The van der Waals surface area contributed by atoms with Crippen molar-refractivity contribution in [1.82, 2.24) is 10.3 Å². The van der Waals surface area contributed by atoms with Gasteiger partial charge in [0.15, 0.2) is 6.61 Å². The third-order valence-electron chi connectivity index (χ3n) is 5.08. The highest BCUT2D eigenvalue weighted by atomic mass is 35.5. The first-order valence-corrected chi connectivity index (χ1v) is 9.17. The van der Waals surface area contributed by atoms with Crippen molar-refractivity contribution in [3.05, 3.63) is 64.8 Å². The Morgan fingerprint density at radius 2 is 2.00 bits per heavy atom. The lowest BCUT2D eigenvalue weighted by molar-refractivity contribution is -0.123. The topological polar surface area (TPSA) is 54.1 Å². The molecule has 1 aromatic heterocycles. The first-order valence-electron chi connectivity index (χ1n) is 8.79. The van der Waals surface area contributed by atoms with E-state index < -0.39 is 0 Å². The summed E-state index contributed by atoms with van der Waals surface area (Å²) >= 11 is 6.06. The molecule has 0 bridgehead atoms. The summed E-state index contributed by atoms with van der Waals surface area (Å²) in [5.41, 5.74) is 3.47. The largest absolute Gasteiger partial charge is 0.484 e. The van der Waals surface area contributed by atoms with E-state index in [-0.39, 0.29) is 17.9 Å². The molecule has 2 aromatic carbocycles. The molecular weight excluding hydrogens is 348 g/mol. The van der Waals surface area contributed by atoms with Crippen molar-refractivity contribution in [2.75, 3.05) is 13.2 Å². The van der Waals surface area contributed by atoms with E-state index in [4.69, 9.17) is 16.3 Å². The van der Waals surface area contributed by atoms with Crippen LogP contribution in [-0.4, -0.2) is 24.0 Å². The summed E-state index contributed by atoms with van der Waals surface area (Å²) in [5, 5.41) is 4.93. The fourth-order valence-electron chi connectivity index (χ4n) is 3.33. The molecule has 0 saturated heterocycles. The number of halogens is 1. The second-order valence-electron chi connectivity index (χ2n) is 7.05. The average molecular weight is 369 g/mol. The monoisotopic (exact) mass is 368 g/mol. The zero-order valence-electron chi connectivity index (χ0n) is 14.6. The zero-order valence-corrected chi connectivity index (χ0v) is 15.4. The van der Waals surface area contributed by atoms with Crippen LogP contribution in [0.4, 0.5) is 0 Å². The van der Waals surface area contributed by atoms with Gasteiger partial charge in [0.1, 0.15) is 5.75 Å². The average Bonchev–Trinajstić information content (AvgIpc) is 3.31. The number of carbonyl (C=O) groups excluding carboxylic acids is 1. The Morgan fingerprint density at radius 1 is 1.23 bits per heavy atom. The molecule has 0 atom stereocenters. The summed E-state index contributed by atoms with van der Waals surface area (Å²) in [5.74, 6) is 0.611. The van der Waals surface area contributed by atoms with Crippen molar-refractivity contribution in [1.29, 1.82) is 0 Å². The molecule has 1 saturated carbocycles. The van der Waals surface area contributed by atoms with Gasteiger partial charge in [0.2, 0.25) is 0 Å². The van der Waals surface area contributed by atoms with Crippen LogP contribution < -0.4 is 10.1 Å². The first-order chi connectivity index (χ1) is 12.6. The van der Waals surface area contributed by atoms with Gasteiger partial charge in [0.05, 0.1) is 0 Å². The predicted molar refractivity (Wildman–Crippen MR) is 104 cm³/mol. The molecule has 0 radical (unpaired) electrons. The van der Waals surface area contributed by atoms with Crippen molar-refractivity contribution in [3.8, 4) is 5.75 Å².